The molecular formula is C19H22N4O3. The number of aliphatic imine (C=N–C) groups is 1. The molecule has 4 rings (SSSR count). The standard InChI is InChI=1S/C19H22N4O3/c20-18(23-17-3-1-2-8-21-17)22-12-19(6-9-24-10-7-19)14-4-5-15-16(11-14)26-13-25-15/h1-5,8,11H,6-7,9-10,12-13H2,(H3,20,21,22,23). The van der Waals surface area contributed by atoms with Gasteiger partial charge in [0.15, 0.2) is 17.5 Å². The van der Waals surface area contributed by atoms with E-state index in [-0.39, 0.29) is 12.2 Å². The third kappa shape index (κ3) is 3.43. The van der Waals surface area contributed by atoms with Crippen molar-refractivity contribution < 1.29 is 14.2 Å². The van der Waals surface area contributed by atoms with Gasteiger partial charge in [-0.05, 0) is 42.7 Å². The van der Waals surface area contributed by atoms with E-state index in [4.69, 9.17) is 19.9 Å². The van der Waals surface area contributed by atoms with Crippen LogP contribution in [0.15, 0.2) is 47.6 Å². The predicted octanol–water partition coefficient (Wildman–Crippen LogP) is 2.29. The molecule has 7 nitrogen and oxygen atoms in total. The second-order valence-corrected chi connectivity index (χ2v) is 6.50. The average Bonchev–Trinajstić information content (AvgIpc) is 3.16. The monoisotopic (exact) mass is 354 g/mol. The first-order chi connectivity index (χ1) is 12.8. The van der Waals surface area contributed by atoms with Crippen LogP contribution in [0.4, 0.5) is 5.82 Å². The Morgan fingerprint density at radius 3 is 2.81 bits per heavy atom. The molecule has 0 aliphatic carbocycles. The van der Waals surface area contributed by atoms with Crippen LogP contribution in [0.2, 0.25) is 0 Å². The predicted molar refractivity (Wildman–Crippen MR) is 98.6 cm³/mol. The number of anilines is 1. The Bertz CT molecular complexity index is 789. The summed E-state index contributed by atoms with van der Waals surface area (Å²) in [6.45, 7) is 2.25. The van der Waals surface area contributed by atoms with E-state index in [9.17, 15) is 0 Å². The zero-order chi connectivity index (χ0) is 17.8. The zero-order valence-electron chi connectivity index (χ0n) is 14.5. The fraction of sp³-hybridized carbons (Fsp3) is 0.368. The molecule has 0 radical (unpaired) electrons. The van der Waals surface area contributed by atoms with Crippen molar-refractivity contribution in [3.05, 3.63) is 48.2 Å². The molecule has 136 valence electrons. The molecule has 0 saturated carbocycles. The number of nitrogens with one attached hydrogen (secondary N) is 1. The van der Waals surface area contributed by atoms with Crippen LogP contribution >= 0.6 is 0 Å². The molecule has 0 bridgehead atoms. The van der Waals surface area contributed by atoms with Crippen molar-refractivity contribution in [1.29, 1.82) is 0 Å². The molecule has 3 N–H and O–H groups in total. The number of nitrogens with two attached hydrogens (primary N) is 1. The topological polar surface area (TPSA) is 91.0 Å². The van der Waals surface area contributed by atoms with Crippen LogP contribution in [-0.2, 0) is 10.2 Å². The van der Waals surface area contributed by atoms with Crippen LogP contribution in [0.5, 0.6) is 11.5 Å². The van der Waals surface area contributed by atoms with Gasteiger partial charge in [0.25, 0.3) is 0 Å². The maximum Gasteiger partial charge on any atom is 0.231 e. The maximum absolute atomic E-state index is 6.07. The van der Waals surface area contributed by atoms with E-state index in [1.165, 1.54) is 5.56 Å². The van der Waals surface area contributed by atoms with Crippen molar-refractivity contribution in [1.82, 2.24) is 4.98 Å². The number of nitrogens with zero attached hydrogens (tertiary/aromatic N) is 2. The van der Waals surface area contributed by atoms with Crippen molar-refractivity contribution in [3.8, 4) is 11.5 Å². The SMILES string of the molecule is NC(=NCC1(c2ccc3c(c2)OCO3)CCOCC1)Nc1ccccn1. The Morgan fingerprint density at radius 1 is 1.15 bits per heavy atom. The highest BCUT2D eigenvalue weighted by molar-refractivity contribution is 5.91. The average molecular weight is 354 g/mol. The Hall–Kier alpha value is -2.80. The number of fused-ring (bicyclic) bond motifs is 1. The van der Waals surface area contributed by atoms with Gasteiger partial charge in [0, 0.05) is 24.8 Å². The summed E-state index contributed by atoms with van der Waals surface area (Å²) in [5, 5.41) is 3.03. The van der Waals surface area contributed by atoms with Gasteiger partial charge in [-0.2, -0.15) is 0 Å². The molecule has 1 fully saturated rings. The lowest BCUT2D eigenvalue weighted by molar-refractivity contribution is 0.0531. The van der Waals surface area contributed by atoms with Crippen molar-refractivity contribution >= 4 is 11.8 Å². The minimum absolute atomic E-state index is 0.129. The van der Waals surface area contributed by atoms with E-state index in [0.717, 1.165) is 24.3 Å². The summed E-state index contributed by atoms with van der Waals surface area (Å²) >= 11 is 0. The second-order valence-electron chi connectivity index (χ2n) is 6.50. The summed E-state index contributed by atoms with van der Waals surface area (Å²) in [4.78, 5) is 8.81. The number of hydrogen-bond acceptors (Lipinski definition) is 5. The molecule has 7 heteroatoms. The zero-order valence-corrected chi connectivity index (χ0v) is 14.5. The molecule has 2 aromatic rings. The van der Waals surface area contributed by atoms with Crippen LogP contribution in [0.25, 0.3) is 0 Å². The Kier molecular flexibility index (Phi) is 4.62. The van der Waals surface area contributed by atoms with Gasteiger partial charge in [0.05, 0.1) is 6.54 Å². The van der Waals surface area contributed by atoms with Gasteiger partial charge in [0.1, 0.15) is 5.82 Å². The number of guanidine groups is 1. The normalized spacial score (nSPS) is 18.5. The Balaban J connectivity index is 1.55. The van der Waals surface area contributed by atoms with E-state index < -0.39 is 0 Å². The molecule has 3 heterocycles. The van der Waals surface area contributed by atoms with Gasteiger partial charge in [0.2, 0.25) is 6.79 Å². The Morgan fingerprint density at radius 2 is 2.00 bits per heavy atom. The summed E-state index contributed by atoms with van der Waals surface area (Å²) in [6, 6.07) is 11.7. The molecule has 0 amide bonds. The van der Waals surface area contributed by atoms with Gasteiger partial charge < -0.3 is 25.3 Å². The molecule has 1 saturated heterocycles. The summed E-state index contributed by atoms with van der Waals surface area (Å²) in [7, 11) is 0. The van der Waals surface area contributed by atoms with E-state index in [1.807, 2.05) is 24.3 Å². The van der Waals surface area contributed by atoms with Gasteiger partial charge in [-0.15, -0.1) is 0 Å². The summed E-state index contributed by atoms with van der Waals surface area (Å²) in [5.41, 5.74) is 7.12. The van der Waals surface area contributed by atoms with Crippen LogP contribution < -0.4 is 20.5 Å². The molecule has 0 atom stereocenters. The number of benzene rings is 1. The third-order valence-electron chi connectivity index (χ3n) is 4.91. The number of aromatic nitrogens is 1. The van der Waals surface area contributed by atoms with Gasteiger partial charge in [-0.25, -0.2) is 4.98 Å². The highest BCUT2D eigenvalue weighted by Crippen LogP contribution is 2.41. The summed E-state index contributed by atoms with van der Waals surface area (Å²) in [5.74, 6) is 2.61. The number of pyridine rings is 1. The molecule has 26 heavy (non-hydrogen) atoms. The number of hydrogen-bond donors (Lipinski definition) is 2. The highest BCUT2D eigenvalue weighted by atomic mass is 16.7. The first kappa shape index (κ1) is 16.7. The van der Waals surface area contributed by atoms with Crippen molar-refractivity contribution in [3.63, 3.8) is 0 Å². The maximum atomic E-state index is 6.07. The van der Waals surface area contributed by atoms with E-state index in [0.29, 0.717) is 31.5 Å². The minimum atomic E-state index is -0.129. The lowest BCUT2D eigenvalue weighted by Gasteiger charge is -2.36. The number of rotatable bonds is 4. The van der Waals surface area contributed by atoms with Crippen LogP contribution in [-0.4, -0.2) is 37.5 Å². The highest BCUT2D eigenvalue weighted by Gasteiger charge is 2.35. The molecule has 2 aliphatic heterocycles. The third-order valence-corrected chi connectivity index (χ3v) is 4.91. The molecule has 0 spiro atoms. The van der Waals surface area contributed by atoms with Crippen LogP contribution in [0, 0.1) is 0 Å². The second kappa shape index (κ2) is 7.21. The van der Waals surface area contributed by atoms with E-state index in [2.05, 4.69) is 27.4 Å². The van der Waals surface area contributed by atoms with E-state index >= 15 is 0 Å². The molecule has 0 unspecified atom stereocenters. The fourth-order valence-electron chi connectivity index (χ4n) is 3.37. The molecule has 1 aromatic heterocycles. The van der Waals surface area contributed by atoms with Crippen molar-refractivity contribution in [2.24, 2.45) is 10.7 Å². The minimum Gasteiger partial charge on any atom is -0.454 e. The van der Waals surface area contributed by atoms with Gasteiger partial charge >= 0.3 is 0 Å². The summed E-state index contributed by atoms with van der Waals surface area (Å²) in [6.07, 6.45) is 3.47. The lowest BCUT2D eigenvalue weighted by Crippen LogP contribution is -2.38. The van der Waals surface area contributed by atoms with E-state index in [1.54, 1.807) is 6.20 Å². The molecule has 1 aromatic carbocycles. The summed E-state index contributed by atoms with van der Waals surface area (Å²) < 4.78 is 16.6. The Labute approximate surface area is 152 Å². The number of ether oxygens (including phenoxy) is 3. The quantitative estimate of drug-likeness (QED) is 0.647. The van der Waals surface area contributed by atoms with Crippen molar-refractivity contribution in [2.45, 2.75) is 18.3 Å². The van der Waals surface area contributed by atoms with Gasteiger partial charge in [-0.3, -0.25) is 4.99 Å². The lowest BCUT2D eigenvalue weighted by atomic mass is 9.74. The van der Waals surface area contributed by atoms with Crippen LogP contribution in [0.3, 0.4) is 0 Å². The smallest absolute Gasteiger partial charge is 0.231 e. The van der Waals surface area contributed by atoms with Crippen molar-refractivity contribution in [2.75, 3.05) is 31.9 Å². The first-order valence-corrected chi connectivity index (χ1v) is 8.71. The fourth-order valence-corrected chi connectivity index (χ4v) is 3.37. The molecular weight excluding hydrogens is 332 g/mol. The van der Waals surface area contributed by atoms with Gasteiger partial charge in [-0.1, -0.05) is 12.1 Å². The molecule has 2 aliphatic rings. The van der Waals surface area contributed by atoms with Crippen LogP contribution in [0.1, 0.15) is 18.4 Å². The largest absolute Gasteiger partial charge is 0.454 e. The first-order valence-electron chi connectivity index (χ1n) is 8.71.